The summed E-state index contributed by atoms with van der Waals surface area (Å²) in [5.74, 6) is 1.73. The molecule has 0 spiro atoms. The van der Waals surface area contributed by atoms with Gasteiger partial charge in [-0.25, -0.2) is 0 Å². The molecule has 1 aromatic heterocycles. The van der Waals surface area contributed by atoms with Gasteiger partial charge < -0.3 is 14.7 Å². The molecule has 7 heteroatoms. The molecular weight excluding hydrogens is 364 g/mol. The van der Waals surface area contributed by atoms with E-state index >= 15 is 0 Å². The summed E-state index contributed by atoms with van der Waals surface area (Å²) in [6.45, 7) is 7.49. The van der Waals surface area contributed by atoms with E-state index in [0.29, 0.717) is 29.6 Å². The minimum absolute atomic E-state index is 0.0128. The van der Waals surface area contributed by atoms with E-state index in [4.69, 9.17) is 16.1 Å². The van der Waals surface area contributed by atoms with Crippen molar-refractivity contribution in [2.24, 2.45) is 5.92 Å². The lowest BCUT2D eigenvalue weighted by Crippen LogP contribution is -2.45. The first-order valence-corrected chi connectivity index (χ1v) is 9.97. The van der Waals surface area contributed by atoms with Crippen LogP contribution in [0.5, 0.6) is 0 Å². The first-order chi connectivity index (χ1) is 13.0. The van der Waals surface area contributed by atoms with Gasteiger partial charge in [-0.05, 0) is 56.5 Å². The van der Waals surface area contributed by atoms with Crippen LogP contribution in [0.15, 0.2) is 28.8 Å². The minimum Gasteiger partial charge on any atom is -0.352 e. The topological polar surface area (TPSA) is 71.3 Å². The van der Waals surface area contributed by atoms with Crippen LogP contribution in [0.25, 0.3) is 11.4 Å². The van der Waals surface area contributed by atoms with Crippen LogP contribution >= 0.6 is 11.6 Å². The number of likely N-dealkylation sites (tertiary alicyclic amines) is 1. The van der Waals surface area contributed by atoms with Crippen molar-refractivity contribution >= 4 is 17.5 Å². The molecule has 0 aliphatic carbocycles. The monoisotopic (exact) mass is 390 g/mol. The summed E-state index contributed by atoms with van der Waals surface area (Å²) in [6, 6.07) is 7.38. The Labute approximate surface area is 165 Å². The van der Waals surface area contributed by atoms with Crippen LogP contribution < -0.4 is 5.32 Å². The summed E-state index contributed by atoms with van der Waals surface area (Å²) in [5, 5.41) is 7.70. The number of carbonyl (C=O) groups is 1. The average molecular weight is 391 g/mol. The van der Waals surface area contributed by atoms with E-state index in [1.54, 1.807) is 12.1 Å². The summed E-state index contributed by atoms with van der Waals surface area (Å²) < 4.78 is 5.26. The average Bonchev–Trinajstić information content (AvgIpc) is 3.09. The highest BCUT2D eigenvalue weighted by Crippen LogP contribution is 2.19. The van der Waals surface area contributed by atoms with Gasteiger partial charge in [-0.3, -0.25) is 4.79 Å². The lowest BCUT2D eigenvalue weighted by atomic mass is 10.00. The Morgan fingerprint density at radius 3 is 2.93 bits per heavy atom. The zero-order valence-electron chi connectivity index (χ0n) is 15.9. The van der Waals surface area contributed by atoms with Crippen LogP contribution in [0, 0.1) is 5.92 Å². The Morgan fingerprint density at radius 2 is 2.19 bits per heavy atom. The third kappa shape index (κ3) is 6.04. The zero-order valence-corrected chi connectivity index (χ0v) is 16.7. The second-order valence-corrected chi connectivity index (χ2v) is 7.93. The van der Waals surface area contributed by atoms with Gasteiger partial charge in [-0.1, -0.05) is 23.7 Å². The molecule has 1 aliphatic heterocycles. The number of piperidine rings is 1. The van der Waals surface area contributed by atoms with E-state index in [2.05, 4.69) is 34.2 Å². The molecule has 0 saturated carbocycles. The zero-order chi connectivity index (χ0) is 19.2. The first-order valence-electron chi connectivity index (χ1n) is 9.60. The van der Waals surface area contributed by atoms with E-state index in [-0.39, 0.29) is 11.9 Å². The molecule has 2 heterocycles. The Balaban J connectivity index is 1.43. The van der Waals surface area contributed by atoms with Crippen LogP contribution in [-0.2, 0) is 11.2 Å². The molecule has 1 aliphatic rings. The molecule has 1 saturated heterocycles. The molecule has 1 amide bonds. The molecule has 1 aromatic carbocycles. The number of hydrogen-bond donors (Lipinski definition) is 1. The van der Waals surface area contributed by atoms with Gasteiger partial charge in [0.1, 0.15) is 0 Å². The highest BCUT2D eigenvalue weighted by atomic mass is 35.5. The summed E-state index contributed by atoms with van der Waals surface area (Å²) in [6.07, 6.45) is 3.32. The molecular formula is C20H27ClN4O2. The molecule has 27 heavy (non-hydrogen) atoms. The second kappa shape index (κ2) is 9.33. The van der Waals surface area contributed by atoms with Crippen molar-refractivity contribution in [1.82, 2.24) is 20.4 Å². The van der Waals surface area contributed by atoms with E-state index in [1.165, 1.54) is 12.8 Å². The summed E-state index contributed by atoms with van der Waals surface area (Å²) in [4.78, 5) is 19.0. The van der Waals surface area contributed by atoms with Crippen LogP contribution in [0.2, 0.25) is 5.02 Å². The number of amides is 1. The minimum atomic E-state index is 0.0128. The maximum atomic E-state index is 12.2. The summed E-state index contributed by atoms with van der Waals surface area (Å²) in [7, 11) is 0. The van der Waals surface area contributed by atoms with Gasteiger partial charge in [-0.15, -0.1) is 0 Å². The third-order valence-corrected chi connectivity index (χ3v) is 5.07. The fraction of sp³-hybridized carbons (Fsp3) is 0.550. The fourth-order valence-electron chi connectivity index (χ4n) is 3.53. The van der Waals surface area contributed by atoms with Crippen molar-refractivity contribution in [3.8, 4) is 11.4 Å². The highest BCUT2D eigenvalue weighted by Gasteiger charge is 2.19. The lowest BCUT2D eigenvalue weighted by Gasteiger charge is -2.32. The molecule has 0 radical (unpaired) electrons. The number of nitrogens with one attached hydrogen (secondary N) is 1. The van der Waals surface area contributed by atoms with Crippen LogP contribution in [0.3, 0.4) is 0 Å². The predicted octanol–water partition coefficient (Wildman–Crippen LogP) is 3.56. The van der Waals surface area contributed by atoms with E-state index in [9.17, 15) is 4.79 Å². The van der Waals surface area contributed by atoms with Crippen molar-refractivity contribution < 1.29 is 9.32 Å². The number of halogens is 1. The van der Waals surface area contributed by atoms with E-state index < -0.39 is 0 Å². The molecule has 6 nitrogen and oxygen atoms in total. The predicted molar refractivity (Wildman–Crippen MR) is 106 cm³/mol. The van der Waals surface area contributed by atoms with Crippen molar-refractivity contribution in [1.29, 1.82) is 0 Å². The molecule has 1 fully saturated rings. The van der Waals surface area contributed by atoms with Crippen LogP contribution in [-0.4, -0.2) is 46.6 Å². The number of rotatable bonds is 7. The number of carbonyl (C=O) groups excluding carboxylic acids is 1. The fourth-order valence-corrected chi connectivity index (χ4v) is 3.65. The Bertz CT molecular complexity index is 747. The van der Waals surface area contributed by atoms with Crippen molar-refractivity contribution in [3.63, 3.8) is 0 Å². The smallest absolute Gasteiger partial charge is 0.227 e. The van der Waals surface area contributed by atoms with Crippen molar-refractivity contribution in [2.45, 2.75) is 45.6 Å². The molecule has 3 rings (SSSR count). The van der Waals surface area contributed by atoms with Gasteiger partial charge >= 0.3 is 0 Å². The molecule has 146 valence electrons. The number of nitrogens with zero attached hydrogens (tertiary/aromatic N) is 3. The quantitative estimate of drug-likeness (QED) is 0.782. The summed E-state index contributed by atoms with van der Waals surface area (Å²) in [5.41, 5.74) is 0.836. The lowest BCUT2D eigenvalue weighted by molar-refractivity contribution is -0.121. The maximum absolute atomic E-state index is 12.2. The Hall–Kier alpha value is -1.92. The third-order valence-electron chi connectivity index (χ3n) is 4.82. The molecule has 2 aromatic rings. The Kier molecular flexibility index (Phi) is 6.85. The maximum Gasteiger partial charge on any atom is 0.227 e. The number of aromatic nitrogens is 2. The van der Waals surface area contributed by atoms with Crippen LogP contribution in [0.1, 0.15) is 39.0 Å². The summed E-state index contributed by atoms with van der Waals surface area (Å²) >= 11 is 5.89. The number of aryl methyl sites for hydroxylation is 1. The van der Waals surface area contributed by atoms with Gasteiger partial charge in [0.05, 0.1) is 0 Å². The van der Waals surface area contributed by atoms with E-state index in [1.807, 2.05) is 12.1 Å². The first kappa shape index (κ1) is 19.8. The van der Waals surface area contributed by atoms with Gasteiger partial charge in [0.15, 0.2) is 0 Å². The standard InChI is InChI=1S/C20H27ClN4O2/c1-14-4-3-11-25(12-14)13-15(2)22-18(26)9-10-19-23-20(24-27-19)16-5-7-17(21)8-6-16/h5-8,14-15H,3-4,9-13H2,1-2H3,(H,22,26). The van der Waals surface area contributed by atoms with E-state index in [0.717, 1.165) is 31.1 Å². The molecule has 2 unspecified atom stereocenters. The normalized spacial score (nSPS) is 19.0. The van der Waals surface area contributed by atoms with Crippen LogP contribution in [0.4, 0.5) is 0 Å². The SMILES string of the molecule is CC1CCCN(CC(C)NC(=O)CCc2nc(-c3ccc(Cl)cc3)no2)C1. The Morgan fingerprint density at radius 1 is 1.41 bits per heavy atom. The highest BCUT2D eigenvalue weighted by molar-refractivity contribution is 6.30. The van der Waals surface area contributed by atoms with Gasteiger partial charge in [0.2, 0.25) is 17.6 Å². The second-order valence-electron chi connectivity index (χ2n) is 7.49. The van der Waals surface area contributed by atoms with Gasteiger partial charge in [0.25, 0.3) is 0 Å². The largest absolute Gasteiger partial charge is 0.352 e. The molecule has 1 N–H and O–H groups in total. The van der Waals surface area contributed by atoms with Gasteiger partial charge in [0, 0.05) is 42.6 Å². The number of benzene rings is 1. The van der Waals surface area contributed by atoms with Crippen molar-refractivity contribution in [3.05, 3.63) is 35.2 Å². The molecule has 0 bridgehead atoms. The molecule has 2 atom stereocenters. The van der Waals surface area contributed by atoms with Gasteiger partial charge in [-0.2, -0.15) is 4.98 Å². The van der Waals surface area contributed by atoms with Crippen molar-refractivity contribution in [2.75, 3.05) is 19.6 Å². The number of hydrogen-bond acceptors (Lipinski definition) is 5.